The summed E-state index contributed by atoms with van der Waals surface area (Å²) in [5, 5.41) is 0.471. The number of methoxy groups -OCH3 is 2. The van der Waals surface area contributed by atoms with Gasteiger partial charge in [0.2, 0.25) is 0 Å². The van der Waals surface area contributed by atoms with E-state index in [2.05, 4.69) is 0 Å². The first-order chi connectivity index (χ1) is 17.5. The van der Waals surface area contributed by atoms with Crippen molar-refractivity contribution in [2.75, 3.05) is 19.1 Å². The molecule has 3 atom stereocenters. The lowest BCUT2D eigenvalue weighted by Crippen LogP contribution is -2.39. The minimum absolute atomic E-state index is 0.0263. The Bertz CT molecular complexity index is 1430. The molecule has 1 fully saturated rings. The van der Waals surface area contributed by atoms with Crippen LogP contribution in [0.15, 0.2) is 53.8 Å². The van der Waals surface area contributed by atoms with Gasteiger partial charge in [0.15, 0.2) is 16.7 Å². The van der Waals surface area contributed by atoms with Crippen molar-refractivity contribution in [3.05, 3.63) is 64.9 Å². The van der Waals surface area contributed by atoms with E-state index in [0.717, 1.165) is 35.9 Å². The topological polar surface area (TPSA) is 95.0 Å². The molecule has 1 saturated carbocycles. The number of aromatic nitrogens is 1. The van der Waals surface area contributed by atoms with Gasteiger partial charge in [0.1, 0.15) is 11.9 Å². The summed E-state index contributed by atoms with van der Waals surface area (Å²) >= 11 is 1.36. The molecule has 6 rings (SSSR count). The van der Waals surface area contributed by atoms with E-state index in [0.29, 0.717) is 27.6 Å². The number of fused-ring (bicyclic) bond motifs is 2. The molecule has 2 aromatic carbocycles. The average molecular weight is 505 g/mol. The predicted molar refractivity (Wildman–Crippen MR) is 133 cm³/mol. The molecule has 8 nitrogen and oxygen atoms in total. The smallest absolute Gasteiger partial charge is 0.337 e. The highest BCUT2D eigenvalue weighted by Crippen LogP contribution is 2.49. The minimum Gasteiger partial charge on any atom is -0.497 e. The molecule has 3 unspecified atom stereocenters. The van der Waals surface area contributed by atoms with Crippen LogP contribution in [0.4, 0.5) is 5.13 Å². The maximum Gasteiger partial charge on any atom is 0.337 e. The summed E-state index contributed by atoms with van der Waals surface area (Å²) in [5.41, 5.74) is 2.20. The van der Waals surface area contributed by atoms with Crippen LogP contribution < -0.4 is 9.64 Å². The number of Topliss-reactive ketones (excluding diaryl/α,β-unsaturated/α-hetero) is 1. The van der Waals surface area contributed by atoms with Gasteiger partial charge in [0.25, 0.3) is 5.91 Å². The van der Waals surface area contributed by atoms with E-state index in [1.807, 2.05) is 18.2 Å². The first-order valence-corrected chi connectivity index (χ1v) is 12.7. The second kappa shape index (κ2) is 8.74. The molecule has 1 amide bonds. The first-order valence-electron chi connectivity index (χ1n) is 11.9. The zero-order valence-electron chi connectivity index (χ0n) is 19.9. The minimum atomic E-state index is -0.697. The number of thiazole rings is 1. The van der Waals surface area contributed by atoms with E-state index in [4.69, 9.17) is 19.2 Å². The number of nitrogens with zero attached hydrogens (tertiary/aromatic N) is 2. The molecule has 36 heavy (non-hydrogen) atoms. The normalized spacial score (nSPS) is 23.4. The quantitative estimate of drug-likeness (QED) is 0.480. The highest BCUT2D eigenvalue weighted by atomic mass is 32.1. The predicted octanol–water partition coefficient (Wildman–Crippen LogP) is 4.59. The third-order valence-corrected chi connectivity index (χ3v) is 8.22. The molecule has 0 N–H and O–H groups in total. The zero-order valence-corrected chi connectivity index (χ0v) is 20.7. The molecule has 1 aromatic heterocycles. The Morgan fingerprint density at radius 3 is 2.61 bits per heavy atom. The van der Waals surface area contributed by atoms with E-state index in [1.54, 1.807) is 36.3 Å². The summed E-state index contributed by atoms with van der Waals surface area (Å²) in [6, 6.07) is 11.6. The number of rotatable bonds is 4. The van der Waals surface area contributed by atoms with Gasteiger partial charge < -0.3 is 14.2 Å². The number of carbonyl (C=O) groups excluding carboxylic acids is 3. The van der Waals surface area contributed by atoms with Crippen molar-refractivity contribution in [1.82, 2.24) is 4.98 Å². The fourth-order valence-electron chi connectivity index (χ4n) is 5.40. The number of benzene rings is 2. The molecular weight excluding hydrogens is 480 g/mol. The first kappa shape index (κ1) is 22.7. The van der Waals surface area contributed by atoms with Gasteiger partial charge in [-0.25, -0.2) is 9.78 Å². The third-order valence-electron chi connectivity index (χ3n) is 7.20. The van der Waals surface area contributed by atoms with E-state index in [-0.39, 0.29) is 29.5 Å². The summed E-state index contributed by atoms with van der Waals surface area (Å²) in [6.45, 7) is 0. The zero-order chi connectivity index (χ0) is 25.0. The van der Waals surface area contributed by atoms with Crippen LogP contribution in [0.5, 0.6) is 5.75 Å². The fourth-order valence-corrected chi connectivity index (χ4v) is 6.42. The Morgan fingerprint density at radius 2 is 1.86 bits per heavy atom. The molecule has 2 aliphatic heterocycles. The van der Waals surface area contributed by atoms with E-state index in [9.17, 15) is 14.4 Å². The highest BCUT2D eigenvalue weighted by Gasteiger charge is 2.53. The molecule has 184 valence electrons. The van der Waals surface area contributed by atoms with Gasteiger partial charge in [-0.1, -0.05) is 29.9 Å². The maximum atomic E-state index is 13.8. The summed E-state index contributed by atoms with van der Waals surface area (Å²) < 4.78 is 17.3. The van der Waals surface area contributed by atoms with E-state index in [1.165, 1.54) is 18.4 Å². The molecule has 0 spiro atoms. The van der Waals surface area contributed by atoms with Gasteiger partial charge in [-0.2, -0.15) is 0 Å². The number of hydrogen-bond acceptors (Lipinski definition) is 8. The molecule has 3 aromatic rings. The van der Waals surface area contributed by atoms with Gasteiger partial charge in [-0.3, -0.25) is 14.5 Å². The summed E-state index contributed by atoms with van der Waals surface area (Å²) in [7, 11) is 2.92. The number of ketones is 1. The van der Waals surface area contributed by atoms with Crippen molar-refractivity contribution < 1.29 is 28.6 Å². The number of anilines is 1. The van der Waals surface area contributed by atoms with Crippen molar-refractivity contribution in [3.8, 4) is 5.75 Å². The number of carbonyl (C=O) groups is 3. The van der Waals surface area contributed by atoms with Crippen LogP contribution in [0.3, 0.4) is 0 Å². The van der Waals surface area contributed by atoms with Gasteiger partial charge in [-0.15, -0.1) is 0 Å². The second-order valence-electron chi connectivity index (χ2n) is 9.18. The van der Waals surface area contributed by atoms with Crippen LogP contribution in [-0.2, 0) is 19.1 Å². The van der Waals surface area contributed by atoms with Gasteiger partial charge in [0, 0.05) is 0 Å². The highest BCUT2D eigenvalue weighted by molar-refractivity contribution is 7.22. The molecule has 0 radical (unpaired) electrons. The Morgan fingerprint density at radius 1 is 1.08 bits per heavy atom. The van der Waals surface area contributed by atoms with Gasteiger partial charge in [0.05, 0.1) is 47.5 Å². The van der Waals surface area contributed by atoms with Gasteiger partial charge >= 0.3 is 5.97 Å². The standard InChI is InChI=1S/C27H24N2O6S/c1-33-16-11-12-18-20(13-16)36-27(28-18)29-22(14-7-9-15(10-8-14)26(32)34-2)21-23(30)17-5-3-4-6-19(17)35-24(21)25(29)31/h7-13,17,19,22H,3-6H2,1-2H3. The molecule has 0 bridgehead atoms. The van der Waals surface area contributed by atoms with E-state index >= 15 is 0 Å². The van der Waals surface area contributed by atoms with Crippen LogP contribution in [0.2, 0.25) is 0 Å². The Balaban J connectivity index is 1.48. The van der Waals surface area contributed by atoms with Crippen LogP contribution in [0.1, 0.15) is 47.6 Å². The van der Waals surface area contributed by atoms with Crippen LogP contribution in [-0.4, -0.2) is 43.0 Å². The lowest BCUT2D eigenvalue weighted by molar-refractivity contribution is -0.131. The molecule has 3 aliphatic rings. The summed E-state index contributed by atoms with van der Waals surface area (Å²) in [5.74, 6) is -0.274. The molecular formula is C27H24N2O6S. The maximum absolute atomic E-state index is 13.8. The molecule has 1 aliphatic carbocycles. The Labute approximate surface area is 211 Å². The Hall–Kier alpha value is -3.72. The van der Waals surface area contributed by atoms with Crippen molar-refractivity contribution in [1.29, 1.82) is 0 Å². The number of amides is 1. The van der Waals surface area contributed by atoms with Crippen LogP contribution in [0.25, 0.3) is 10.2 Å². The van der Waals surface area contributed by atoms with E-state index < -0.39 is 12.0 Å². The number of ether oxygens (including phenoxy) is 3. The Kier molecular flexibility index (Phi) is 5.52. The van der Waals surface area contributed by atoms with Gasteiger partial charge in [-0.05, 0) is 55.2 Å². The summed E-state index contributed by atoms with van der Waals surface area (Å²) in [6.07, 6.45) is 3.20. The third kappa shape index (κ3) is 3.49. The van der Waals surface area contributed by atoms with Crippen molar-refractivity contribution in [2.45, 2.75) is 37.8 Å². The lowest BCUT2D eigenvalue weighted by atomic mass is 9.77. The van der Waals surface area contributed by atoms with Crippen LogP contribution >= 0.6 is 11.3 Å². The SMILES string of the molecule is COC(=O)c1ccc(C2C3=C(OC4CCCCC4C3=O)C(=O)N2c2nc3ccc(OC)cc3s2)cc1. The second-order valence-corrected chi connectivity index (χ2v) is 10.2. The average Bonchev–Trinajstić information content (AvgIpc) is 3.46. The number of esters is 1. The lowest BCUT2D eigenvalue weighted by Gasteiger charge is -2.35. The molecule has 0 saturated heterocycles. The molecule has 3 heterocycles. The molecule has 9 heteroatoms. The largest absolute Gasteiger partial charge is 0.497 e. The van der Waals surface area contributed by atoms with Crippen molar-refractivity contribution in [3.63, 3.8) is 0 Å². The summed E-state index contributed by atoms with van der Waals surface area (Å²) in [4.78, 5) is 45.9. The van der Waals surface area contributed by atoms with Crippen molar-refractivity contribution >= 4 is 44.3 Å². The fraction of sp³-hybridized carbons (Fsp3) is 0.333. The number of hydrogen-bond donors (Lipinski definition) is 0. The van der Waals surface area contributed by atoms with Crippen molar-refractivity contribution in [2.24, 2.45) is 5.92 Å². The monoisotopic (exact) mass is 504 g/mol. The van der Waals surface area contributed by atoms with Crippen LogP contribution in [0, 0.1) is 5.92 Å².